The third kappa shape index (κ3) is 10.2. The zero-order valence-corrected chi connectivity index (χ0v) is 37.5. The van der Waals surface area contributed by atoms with E-state index < -0.39 is 14.9 Å². The standard InChI is InChI=1S/C47H49ClN8O4S2/c1-33-43(31-49)46(47(53(33)4)34-13-15-36(48)16-14-34)35-9-8-10-40(29-35)55-27-25-54(26-28-55)39-19-17-37(18-20-39)51-62(59,60)42-21-22-44(45(30-42)56(57)58)50-38(23-24-52(2)3)32-61-41-11-6-5-7-12-41/h5-22,29-30,38,50-51H,23-28,32H2,1-4H3/t38-/m1/s1. The van der Waals surface area contributed by atoms with Gasteiger partial charge in [-0.1, -0.05) is 54.1 Å². The maximum absolute atomic E-state index is 13.6. The zero-order valence-electron chi connectivity index (χ0n) is 35.1. The Kier molecular flexibility index (Phi) is 13.8. The van der Waals surface area contributed by atoms with Crippen molar-refractivity contribution in [3.8, 4) is 28.5 Å². The first-order chi connectivity index (χ1) is 29.8. The molecule has 62 heavy (non-hydrogen) atoms. The van der Waals surface area contributed by atoms with E-state index in [4.69, 9.17) is 11.6 Å². The minimum atomic E-state index is -4.15. The van der Waals surface area contributed by atoms with Crippen molar-refractivity contribution in [3.05, 3.63) is 148 Å². The first-order valence-corrected chi connectivity index (χ1v) is 23.1. The number of benzene rings is 5. The molecular weight excluding hydrogens is 840 g/mol. The van der Waals surface area contributed by atoms with Gasteiger partial charge in [0.1, 0.15) is 11.8 Å². The van der Waals surface area contributed by atoms with E-state index in [0.717, 1.165) is 89.6 Å². The summed E-state index contributed by atoms with van der Waals surface area (Å²) in [5.74, 6) is 0.669. The second kappa shape index (κ2) is 19.4. The second-order valence-corrected chi connectivity index (χ2v) is 18.7. The number of thioether (sulfide) groups is 1. The van der Waals surface area contributed by atoms with Crippen molar-refractivity contribution in [2.45, 2.75) is 29.2 Å². The van der Waals surface area contributed by atoms with Gasteiger partial charge < -0.3 is 24.6 Å². The lowest BCUT2D eigenvalue weighted by molar-refractivity contribution is -0.384. The summed E-state index contributed by atoms with van der Waals surface area (Å²) < 4.78 is 31.8. The Labute approximate surface area is 372 Å². The van der Waals surface area contributed by atoms with Crippen LogP contribution in [0.1, 0.15) is 17.7 Å². The molecule has 5 aromatic carbocycles. The zero-order chi connectivity index (χ0) is 44.0. The van der Waals surface area contributed by atoms with Crippen molar-refractivity contribution >= 4 is 61.8 Å². The van der Waals surface area contributed by atoms with Gasteiger partial charge in [0.2, 0.25) is 0 Å². The lowest BCUT2D eigenvalue weighted by atomic mass is 9.97. The Balaban J connectivity index is 1.00. The number of nitrogens with zero attached hydrogens (tertiary/aromatic N) is 6. The maximum atomic E-state index is 13.6. The summed E-state index contributed by atoms with van der Waals surface area (Å²) in [5, 5.41) is 26.5. The van der Waals surface area contributed by atoms with Crippen LogP contribution in [0.25, 0.3) is 22.4 Å². The van der Waals surface area contributed by atoms with Gasteiger partial charge in [-0.15, -0.1) is 11.8 Å². The number of rotatable bonds is 16. The smallest absolute Gasteiger partial charge is 0.293 e. The molecule has 2 N–H and O–H groups in total. The molecule has 1 aromatic heterocycles. The number of halogens is 1. The van der Waals surface area contributed by atoms with E-state index in [1.807, 2.05) is 101 Å². The highest BCUT2D eigenvalue weighted by Gasteiger charge is 2.26. The predicted octanol–water partition coefficient (Wildman–Crippen LogP) is 9.75. The van der Waals surface area contributed by atoms with Gasteiger partial charge in [0, 0.05) is 89.3 Å². The van der Waals surface area contributed by atoms with Crippen molar-refractivity contribution in [1.82, 2.24) is 9.47 Å². The highest BCUT2D eigenvalue weighted by atomic mass is 35.5. The lowest BCUT2D eigenvalue weighted by Gasteiger charge is -2.37. The third-order valence-electron chi connectivity index (χ3n) is 11.1. The van der Waals surface area contributed by atoms with Crippen LogP contribution in [0.5, 0.6) is 0 Å². The van der Waals surface area contributed by atoms with Gasteiger partial charge in [0.15, 0.2) is 0 Å². The summed E-state index contributed by atoms with van der Waals surface area (Å²) in [6.07, 6.45) is 0.734. The molecule has 0 saturated carbocycles. The molecule has 1 atom stereocenters. The summed E-state index contributed by atoms with van der Waals surface area (Å²) in [4.78, 5) is 19.3. The average molecular weight is 890 g/mol. The largest absolute Gasteiger partial charge is 0.376 e. The fraction of sp³-hybridized carbons (Fsp3) is 0.255. The van der Waals surface area contributed by atoms with Crippen LogP contribution in [0, 0.1) is 28.4 Å². The Morgan fingerprint density at radius 2 is 1.55 bits per heavy atom. The molecule has 0 unspecified atom stereocenters. The van der Waals surface area contributed by atoms with Gasteiger partial charge in [-0.2, -0.15) is 5.26 Å². The van der Waals surface area contributed by atoms with Crippen LogP contribution < -0.4 is 19.8 Å². The third-order valence-corrected chi connectivity index (χ3v) is 13.9. The van der Waals surface area contributed by atoms with Crippen LogP contribution >= 0.6 is 23.4 Å². The normalized spacial score (nSPS) is 13.5. The Morgan fingerprint density at radius 1 is 0.871 bits per heavy atom. The first kappa shape index (κ1) is 44.1. The van der Waals surface area contributed by atoms with Crippen molar-refractivity contribution in [2.24, 2.45) is 7.05 Å². The molecule has 1 aliphatic heterocycles. The van der Waals surface area contributed by atoms with Gasteiger partial charge in [0.25, 0.3) is 15.7 Å². The number of hydrogen-bond acceptors (Lipinski definition) is 10. The predicted molar refractivity (Wildman–Crippen MR) is 253 cm³/mol. The quantitative estimate of drug-likeness (QED) is 0.0549. The highest BCUT2D eigenvalue weighted by molar-refractivity contribution is 7.99. The molecule has 12 nitrogen and oxygen atoms in total. The molecule has 1 fully saturated rings. The number of nitro benzene ring substituents is 1. The Hall–Kier alpha value is -5.98. The average Bonchev–Trinajstić information content (AvgIpc) is 3.53. The highest BCUT2D eigenvalue weighted by Crippen LogP contribution is 2.40. The number of nitriles is 1. The van der Waals surface area contributed by atoms with Crippen molar-refractivity contribution < 1.29 is 13.3 Å². The van der Waals surface area contributed by atoms with Crippen LogP contribution in [0.15, 0.2) is 131 Å². The molecule has 15 heteroatoms. The Morgan fingerprint density at radius 3 is 2.19 bits per heavy atom. The van der Waals surface area contributed by atoms with Crippen LogP contribution in [0.3, 0.4) is 0 Å². The van der Waals surface area contributed by atoms with E-state index in [-0.39, 0.29) is 22.3 Å². The maximum Gasteiger partial charge on any atom is 0.293 e. The molecule has 0 radical (unpaired) electrons. The number of sulfonamides is 1. The second-order valence-electron chi connectivity index (χ2n) is 15.5. The fourth-order valence-corrected chi connectivity index (χ4v) is 9.90. The minimum absolute atomic E-state index is 0.105. The summed E-state index contributed by atoms with van der Waals surface area (Å²) in [6.45, 7) is 5.73. The van der Waals surface area contributed by atoms with Gasteiger partial charge >= 0.3 is 0 Å². The van der Waals surface area contributed by atoms with Crippen LogP contribution in [0.4, 0.5) is 28.4 Å². The summed E-state index contributed by atoms with van der Waals surface area (Å²) >= 11 is 7.87. The van der Waals surface area contributed by atoms with Crippen molar-refractivity contribution in [2.75, 3.05) is 72.4 Å². The molecule has 7 rings (SSSR count). The molecule has 1 aliphatic rings. The number of nitrogens with one attached hydrogen (secondary N) is 2. The molecular formula is C47H49ClN8O4S2. The Bertz CT molecular complexity index is 2680. The monoisotopic (exact) mass is 888 g/mol. The van der Waals surface area contributed by atoms with E-state index in [1.165, 1.54) is 12.1 Å². The summed E-state index contributed by atoms with van der Waals surface area (Å²) in [7, 11) is 1.79. The van der Waals surface area contributed by atoms with Crippen molar-refractivity contribution in [1.29, 1.82) is 5.26 Å². The van der Waals surface area contributed by atoms with Crippen LogP contribution in [0.2, 0.25) is 5.02 Å². The number of hydrogen-bond donors (Lipinski definition) is 2. The molecule has 320 valence electrons. The summed E-state index contributed by atoms with van der Waals surface area (Å²) in [5.41, 5.74) is 7.67. The van der Waals surface area contributed by atoms with Gasteiger partial charge in [-0.25, -0.2) is 8.42 Å². The van der Waals surface area contributed by atoms with E-state index >= 15 is 0 Å². The van der Waals surface area contributed by atoms with Gasteiger partial charge in [-0.05, 0) is 118 Å². The first-order valence-electron chi connectivity index (χ1n) is 20.3. The molecule has 0 spiro atoms. The van der Waals surface area contributed by atoms with E-state index in [2.05, 4.69) is 53.6 Å². The van der Waals surface area contributed by atoms with E-state index in [0.29, 0.717) is 22.0 Å². The molecule has 0 amide bonds. The van der Waals surface area contributed by atoms with Crippen LogP contribution in [-0.2, 0) is 17.1 Å². The number of aromatic nitrogens is 1. The fourth-order valence-electron chi connectivity index (χ4n) is 7.70. The number of anilines is 4. The molecule has 2 heterocycles. The van der Waals surface area contributed by atoms with E-state index in [9.17, 15) is 23.8 Å². The number of nitro groups is 1. The molecule has 1 saturated heterocycles. The lowest BCUT2D eigenvalue weighted by Crippen LogP contribution is -2.46. The molecule has 6 aromatic rings. The van der Waals surface area contributed by atoms with Gasteiger partial charge in [-0.3, -0.25) is 14.8 Å². The topological polar surface area (TPSA) is 140 Å². The molecule has 0 aliphatic carbocycles. The summed E-state index contributed by atoms with van der Waals surface area (Å²) in [6, 6.07) is 39.5. The SMILES string of the molecule is Cc1c(C#N)c(-c2cccc(N3CCN(c4ccc(NS(=O)(=O)c5ccc(N[C@H](CCN(C)C)CSc6ccccc6)c([N+](=O)[O-])c5)cc4)CC3)c2)c(-c2ccc(Cl)cc2)n1C. The number of piperazine rings is 1. The van der Waals surface area contributed by atoms with E-state index in [1.54, 1.807) is 23.9 Å². The van der Waals surface area contributed by atoms with Gasteiger partial charge in [0.05, 0.1) is 21.1 Å². The van der Waals surface area contributed by atoms with Crippen molar-refractivity contribution in [3.63, 3.8) is 0 Å². The van der Waals surface area contributed by atoms with Crippen LogP contribution in [-0.4, -0.2) is 81.4 Å². The molecule has 0 bridgehead atoms. The minimum Gasteiger partial charge on any atom is -0.376 e.